The summed E-state index contributed by atoms with van der Waals surface area (Å²) in [6.07, 6.45) is 3.36. The molecule has 7 heteroatoms. The normalized spacial score (nSPS) is 17.3. The molecule has 0 unspecified atom stereocenters. The number of amides is 2. The summed E-state index contributed by atoms with van der Waals surface area (Å²) in [5.74, 6) is -2.69. The molecule has 2 aromatic rings. The highest BCUT2D eigenvalue weighted by atomic mass is 16.4. The van der Waals surface area contributed by atoms with Gasteiger partial charge in [0, 0.05) is 24.8 Å². The van der Waals surface area contributed by atoms with Gasteiger partial charge in [0.25, 0.3) is 5.91 Å². The molecular weight excluding hydrogens is 370 g/mol. The molecule has 0 radical (unpaired) electrons. The van der Waals surface area contributed by atoms with Crippen LogP contribution in [-0.4, -0.2) is 40.2 Å². The summed E-state index contributed by atoms with van der Waals surface area (Å²) in [6, 6.07) is 15.9. The first-order valence-electron chi connectivity index (χ1n) is 9.30. The summed E-state index contributed by atoms with van der Waals surface area (Å²) in [7, 11) is 0. The number of imide groups is 1. The van der Waals surface area contributed by atoms with Crippen LogP contribution in [0.5, 0.6) is 0 Å². The van der Waals surface area contributed by atoms with E-state index in [4.69, 9.17) is 0 Å². The fourth-order valence-corrected chi connectivity index (χ4v) is 3.67. The van der Waals surface area contributed by atoms with E-state index < -0.39 is 23.5 Å². The van der Waals surface area contributed by atoms with Crippen LogP contribution in [-0.2, 0) is 20.8 Å². The molecule has 0 fully saturated rings. The minimum absolute atomic E-state index is 0.0941. The summed E-state index contributed by atoms with van der Waals surface area (Å²) < 4.78 is 0. The molecule has 146 valence electrons. The Morgan fingerprint density at radius 2 is 1.90 bits per heavy atom. The topological polar surface area (TPSA) is 90.3 Å². The number of carboxylic acids is 1. The molecule has 2 heterocycles. The Labute approximate surface area is 167 Å². The third-order valence-corrected chi connectivity index (χ3v) is 4.98. The van der Waals surface area contributed by atoms with Crippen LogP contribution in [0.1, 0.15) is 24.5 Å². The van der Waals surface area contributed by atoms with E-state index in [0.29, 0.717) is 10.6 Å². The molecule has 0 atom stereocenters. The quantitative estimate of drug-likeness (QED) is 0.815. The predicted molar refractivity (Wildman–Crippen MR) is 109 cm³/mol. The monoisotopic (exact) mass is 389 g/mol. The summed E-state index contributed by atoms with van der Waals surface area (Å²) >= 11 is 0. The molecular formula is C22H19N3O4. The van der Waals surface area contributed by atoms with Gasteiger partial charge in [0.15, 0.2) is 5.71 Å². The van der Waals surface area contributed by atoms with Gasteiger partial charge in [-0.3, -0.25) is 9.59 Å². The van der Waals surface area contributed by atoms with Crippen molar-refractivity contribution in [3.8, 4) is 0 Å². The second kappa shape index (κ2) is 7.35. The molecule has 2 aromatic carbocycles. The zero-order valence-corrected chi connectivity index (χ0v) is 15.8. The average Bonchev–Trinajstić information content (AvgIpc) is 3.05. The molecule has 0 saturated heterocycles. The van der Waals surface area contributed by atoms with Crippen molar-refractivity contribution in [2.75, 3.05) is 11.4 Å². The molecule has 0 bridgehead atoms. The number of hydrogen-bond donors (Lipinski definition) is 1. The van der Waals surface area contributed by atoms with E-state index in [2.05, 4.69) is 22.1 Å². The van der Waals surface area contributed by atoms with Crippen LogP contribution in [0.15, 0.2) is 59.2 Å². The maximum atomic E-state index is 12.4. The van der Waals surface area contributed by atoms with Crippen molar-refractivity contribution in [2.24, 2.45) is 5.10 Å². The third kappa shape index (κ3) is 3.42. The van der Waals surface area contributed by atoms with Crippen LogP contribution in [0.25, 0.3) is 6.08 Å². The van der Waals surface area contributed by atoms with Gasteiger partial charge in [0.2, 0.25) is 5.91 Å². The zero-order valence-electron chi connectivity index (χ0n) is 15.8. The van der Waals surface area contributed by atoms with Gasteiger partial charge in [-0.15, -0.1) is 0 Å². The number of para-hydroxylation sites is 1. The fourth-order valence-electron chi connectivity index (χ4n) is 3.67. The molecule has 0 aromatic heterocycles. The Bertz CT molecular complexity index is 1070. The van der Waals surface area contributed by atoms with Gasteiger partial charge in [0.1, 0.15) is 0 Å². The summed E-state index contributed by atoms with van der Waals surface area (Å²) in [6.45, 7) is 2.08. The molecule has 29 heavy (non-hydrogen) atoms. The Morgan fingerprint density at radius 1 is 1.14 bits per heavy atom. The van der Waals surface area contributed by atoms with Gasteiger partial charge >= 0.3 is 5.97 Å². The number of carbonyl (C=O) groups is 3. The van der Waals surface area contributed by atoms with Crippen molar-refractivity contribution < 1.29 is 19.5 Å². The number of rotatable bonds is 3. The number of hydrazone groups is 1. The van der Waals surface area contributed by atoms with E-state index in [1.165, 1.54) is 13.0 Å². The lowest BCUT2D eigenvalue weighted by Gasteiger charge is -2.31. The number of hydrogen-bond acceptors (Lipinski definition) is 5. The third-order valence-electron chi connectivity index (χ3n) is 4.98. The number of nitrogens with zero attached hydrogens (tertiary/aromatic N) is 3. The number of benzene rings is 2. The fraction of sp³-hybridized carbons (Fsp3) is 0.182. The Morgan fingerprint density at radius 3 is 2.59 bits per heavy atom. The highest BCUT2D eigenvalue weighted by molar-refractivity contribution is 6.52. The lowest BCUT2D eigenvalue weighted by molar-refractivity contribution is -0.140. The van der Waals surface area contributed by atoms with E-state index in [1.807, 2.05) is 36.4 Å². The van der Waals surface area contributed by atoms with Gasteiger partial charge in [0.05, 0.1) is 5.57 Å². The second-order valence-electron chi connectivity index (χ2n) is 6.93. The van der Waals surface area contributed by atoms with Crippen LogP contribution < -0.4 is 4.90 Å². The SMILES string of the molecule is CC(=O)N1N=C(C(=O)O)C(=Cc2ccc3c(c2)CCCN3c2ccccc2)C1=O. The molecule has 2 aliphatic heterocycles. The van der Waals surface area contributed by atoms with E-state index in [0.717, 1.165) is 36.3 Å². The van der Waals surface area contributed by atoms with Crippen LogP contribution in [0.2, 0.25) is 0 Å². The van der Waals surface area contributed by atoms with E-state index >= 15 is 0 Å². The lowest BCUT2D eigenvalue weighted by atomic mass is 9.97. The Kier molecular flexibility index (Phi) is 4.72. The molecule has 2 aliphatic rings. The van der Waals surface area contributed by atoms with E-state index in [1.54, 1.807) is 0 Å². The van der Waals surface area contributed by atoms with Crippen molar-refractivity contribution >= 4 is 40.9 Å². The first kappa shape index (κ1) is 18.6. The zero-order chi connectivity index (χ0) is 20.5. The van der Waals surface area contributed by atoms with Crippen molar-refractivity contribution in [1.29, 1.82) is 0 Å². The van der Waals surface area contributed by atoms with E-state index in [-0.39, 0.29) is 5.57 Å². The maximum absolute atomic E-state index is 12.4. The molecule has 0 aliphatic carbocycles. The first-order chi connectivity index (χ1) is 14.0. The standard InChI is InChI=1S/C22H19N3O4/c1-14(26)25-21(27)18(20(23-25)22(28)29)13-15-9-10-19-16(12-15)6-5-11-24(19)17-7-3-2-4-8-17/h2-4,7-10,12-13H,5-6,11H2,1H3,(H,28,29). The van der Waals surface area contributed by atoms with Crippen molar-refractivity contribution in [1.82, 2.24) is 5.01 Å². The highest BCUT2D eigenvalue weighted by Crippen LogP contribution is 2.34. The molecule has 1 N–H and O–H groups in total. The average molecular weight is 389 g/mol. The van der Waals surface area contributed by atoms with Crippen LogP contribution >= 0.6 is 0 Å². The second-order valence-corrected chi connectivity index (χ2v) is 6.93. The maximum Gasteiger partial charge on any atom is 0.357 e. The number of fused-ring (bicyclic) bond motifs is 1. The summed E-state index contributed by atoms with van der Waals surface area (Å²) in [5, 5.41) is 13.6. The lowest BCUT2D eigenvalue weighted by Crippen LogP contribution is -2.27. The van der Waals surface area contributed by atoms with Gasteiger partial charge < -0.3 is 10.0 Å². The minimum Gasteiger partial charge on any atom is -0.476 e. The van der Waals surface area contributed by atoms with Gasteiger partial charge in [-0.2, -0.15) is 10.1 Å². The summed E-state index contributed by atoms with van der Waals surface area (Å²) in [4.78, 5) is 37.7. The van der Waals surface area contributed by atoms with E-state index in [9.17, 15) is 19.5 Å². The minimum atomic E-state index is -1.35. The Hall–Kier alpha value is -3.74. The smallest absolute Gasteiger partial charge is 0.357 e. The molecule has 7 nitrogen and oxygen atoms in total. The van der Waals surface area contributed by atoms with Crippen LogP contribution in [0.4, 0.5) is 11.4 Å². The highest BCUT2D eigenvalue weighted by Gasteiger charge is 2.36. The number of aliphatic carboxylic acids is 1. The van der Waals surface area contributed by atoms with Crippen molar-refractivity contribution in [2.45, 2.75) is 19.8 Å². The van der Waals surface area contributed by atoms with Crippen LogP contribution in [0.3, 0.4) is 0 Å². The number of carbonyl (C=O) groups excluding carboxylic acids is 2. The largest absolute Gasteiger partial charge is 0.476 e. The molecule has 2 amide bonds. The van der Waals surface area contributed by atoms with Crippen molar-refractivity contribution in [3.05, 3.63) is 65.2 Å². The van der Waals surface area contributed by atoms with Crippen LogP contribution in [0, 0.1) is 0 Å². The van der Waals surface area contributed by atoms with Crippen molar-refractivity contribution in [3.63, 3.8) is 0 Å². The molecule has 0 saturated carbocycles. The number of anilines is 2. The number of carboxylic acid groups (broad SMARTS) is 1. The van der Waals surface area contributed by atoms with Gasteiger partial charge in [-0.1, -0.05) is 24.3 Å². The Balaban J connectivity index is 1.71. The van der Waals surface area contributed by atoms with Gasteiger partial charge in [-0.05, 0) is 54.3 Å². The molecule has 0 spiro atoms. The summed E-state index contributed by atoms with van der Waals surface area (Å²) in [5.41, 5.74) is 3.51. The first-order valence-corrected chi connectivity index (χ1v) is 9.30. The molecule has 4 rings (SSSR count). The van der Waals surface area contributed by atoms with Gasteiger partial charge in [-0.25, -0.2) is 4.79 Å². The predicted octanol–water partition coefficient (Wildman–Crippen LogP) is 2.98. The number of aryl methyl sites for hydroxylation is 1.